The van der Waals surface area contributed by atoms with E-state index in [4.69, 9.17) is 4.74 Å². The van der Waals surface area contributed by atoms with E-state index in [1.165, 1.54) is 31.7 Å². The van der Waals surface area contributed by atoms with Gasteiger partial charge in [0.05, 0.1) is 6.61 Å². The lowest BCUT2D eigenvalue weighted by atomic mass is 10.1. The Morgan fingerprint density at radius 3 is 2.78 bits per heavy atom. The van der Waals surface area contributed by atoms with Gasteiger partial charge in [-0.3, -0.25) is 0 Å². The average Bonchev–Trinajstić information content (AvgIpc) is 2.86. The van der Waals surface area contributed by atoms with Gasteiger partial charge in [-0.1, -0.05) is 19.8 Å². The first kappa shape index (κ1) is 13.3. The molecule has 2 nitrogen and oxygen atoms in total. The Kier molecular flexibility index (Phi) is 5.00. The van der Waals surface area contributed by atoms with Gasteiger partial charge in [0.2, 0.25) is 0 Å². The van der Waals surface area contributed by atoms with Crippen LogP contribution < -0.4 is 10.1 Å². The summed E-state index contributed by atoms with van der Waals surface area (Å²) in [6.07, 6.45) is 5.12. The van der Waals surface area contributed by atoms with Crippen LogP contribution >= 0.6 is 0 Å². The number of hydrogen-bond donors (Lipinski definition) is 1. The van der Waals surface area contributed by atoms with Crippen LogP contribution in [0, 0.1) is 11.7 Å². The molecule has 0 unspecified atom stereocenters. The molecule has 0 radical (unpaired) electrons. The molecule has 0 aliphatic heterocycles. The highest BCUT2D eigenvalue weighted by Crippen LogP contribution is 2.26. The normalized spacial score (nSPS) is 16.1. The summed E-state index contributed by atoms with van der Waals surface area (Å²) in [7, 11) is 0. The highest BCUT2D eigenvalue weighted by atomic mass is 19.1. The van der Waals surface area contributed by atoms with E-state index in [2.05, 4.69) is 5.32 Å². The van der Waals surface area contributed by atoms with E-state index in [1.54, 1.807) is 6.07 Å². The molecule has 0 heterocycles. The molecule has 1 N–H and O–H groups in total. The minimum absolute atomic E-state index is 0.216. The molecule has 1 aliphatic carbocycles. The third-order valence-electron chi connectivity index (χ3n) is 3.47. The summed E-state index contributed by atoms with van der Waals surface area (Å²) in [5.41, 5.74) is 0.943. The van der Waals surface area contributed by atoms with Crippen molar-refractivity contribution in [3.8, 4) is 5.75 Å². The van der Waals surface area contributed by atoms with Gasteiger partial charge in [-0.05, 0) is 43.0 Å². The first-order valence-electron chi connectivity index (χ1n) is 6.91. The van der Waals surface area contributed by atoms with Crippen LogP contribution in [0.1, 0.15) is 38.2 Å². The van der Waals surface area contributed by atoms with Gasteiger partial charge < -0.3 is 10.1 Å². The molecule has 1 aromatic rings. The minimum atomic E-state index is -0.216. The molecule has 1 aliphatic rings. The maximum atomic E-state index is 13.4. The fourth-order valence-electron chi connectivity index (χ4n) is 2.47. The van der Waals surface area contributed by atoms with Crippen LogP contribution in [-0.4, -0.2) is 13.2 Å². The van der Waals surface area contributed by atoms with Crippen molar-refractivity contribution in [3.63, 3.8) is 0 Å². The first-order chi connectivity index (χ1) is 8.78. The third kappa shape index (κ3) is 3.98. The van der Waals surface area contributed by atoms with Gasteiger partial charge in [-0.25, -0.2) is 4.39 Å². The predicted octanol–water partition coefficient (Wildman–Crippen LogP) is 3.50. The van der Waals surface area contributed by atoms with Crippen LogP contribution in [0.3, 0.4) is 0 Å². The van der Waals surface area contributed by atoms with E-state index in [9.17, 15) is 4.39 Å². The van der Waals surface area contributed by atoms with Gasteiger partial charge in [0.15, 0.2) is 0 Å². The highest BCUT2D eigenvalue weighted by molar-refractivity contribution is 5.29. The van der Waals surface area contributed by atoms with E-state index in [0.717, 1.165) is 18.7 Å². The Morgan fingerprint density at radius 2 is 2.06 bits per heavy atom. The van der Waals surface area contributed by atoms with Gasteiger partial charge in [-0.15, -0.1) is 0 Å². The maximum absolute atomic E-state index is 13.4. The molecule has 0 aromatic heterocycles. The van der Waals surface area contributed by atoms with Crippen molar-refractivity contribution in [3.05, 3.63) is 29.6 Å². The maximum Gasteiger partial charge on any atom is 0.127 e. The van der Waals surface area contributed by atoms with Crippen molar-refractivity contribution in [2.24, 2.45) is 5.92 Å². The Bertz CT molecular complexity index is 375. The van der Waals surface area contributed by atoms with E-state index in [-0.39, 0.29) is 5.82 Å². The summed E-state index contributed by atoms with van der Waals surface area (Å²) in [6, 6.07) is 4.97. The number of nitrogens with one attached hydrogen (secondary N) is 1. The summed E-state index contributed by atoms with van der Waals surface area (Å²) in [5, 5.41) is 3.19. The van der Waals surface area contributed by atoms with Crippen molar-refractivity contribution in [1.29, 1.82) is 0 Å². The Balaban J connectivity index is 1.91. The van der Waals surface area contributed by atoms with Crippen LogP contribution in [0.25, 0.3) is 0 Å². The molecule has 1 fully saturated rings. The molecule has 1 aromatic carbocycles. The quantitative estimate of drug-likeness (QED) is 0.835. The summed E-state index contributed by atoms with van der Waals surface area (Å²) >= 11 is 0. The number of ether oxygens (including phenoxy) is 1. The largest absolute Gasteiger partial charge is 0.493 e. The molecule has 0 spiro atoms. The molecule has 0 amide bonds. The Morgan fingerprint density at radius 1 is 1.28 bits per heavy atom. The van der Waals surface area contributed by atoms with Gasteiger partial charge in [0, 0.05) is 12.6 Å². The summed E-state index contributed by atoms with van der Waals surface area (Å²) < 4.78 is 19.2. The van der Waals surface area contributed by atoms with Crippen molar-refractivity contribution in [2.75, 3.05) is 13.2 Å². The second kappa shape index (κ2) is 6.74. The summed E-state index contributed by atoms with van der Waals surface area (Å²) in [5.74, 6) is 1.10. The van der Waals surface area contributed by atoms with Crippen LogP contribution in [0.15, 0.2) is 18.2 Å². The van der Waals surface area contributed by atoms with Crippen molar-refractivity contribution in [2.45, 2.75) is 39.2 Å². The van der Waals surface area contributed by atoms with Crippen LogP contribution in [-0.2, 0) is 6.54 Å². The van der Waals surface area contributed by atoms with Crippen molar-refractivity contribution in [1.82, 2.24) is 5.32 Å². The molecule has 2 rings (SSSR count). The van der Waals surface area contributed by atoms with E-state index in [0.29, 0.717) is 18.2 Å². The molecular formula is C15H22FNO. The summed E-state index contributed by atoms with van der Waals surface area (Å²) in [4.78, 5) is 0. The number of hydrogen-bond acceptors (Lipinski definition) is 2. The van der Waals surface area contributed by atoms with Gasteiger partial charge in [0.1, 0.15) is 11.6 Å². The van der Waals surface area contributed by atoms with Gasteiger partial charge in [-0.2, -0.15) is 0 Å². The lowest BCUT2D eigenvalue weighted by molar-refractivity contribution is 0.251. The molecule has 1 saturated carbocycles. The monoisotopic (exact) mass is 251 g/mol. The number of benzene rings is 1. The molecule has 0 saturated heterocycles. The zero-order valence-electron chi connectivity index (χ0n) is 11.0. The molecule has 3 heteroatoms. The smallest absolute Gasteiger partial charge is 0.127 e. The highest BCUT2D eigenvalue weighted by Gasteiger charge is 2.15. The van der Waals surface area contributed by atoms with E-state index in [1.807, 2.05) is 13.0 Å². The minimum Gasteiger partial charge on any atom is -0.493 e. The SMILES string of the molecule is CCNCc1cc(F)cc(OCC2CCCC2)c1. The molecule has 18 heavy (non-hydrogen) atoms. The predicted molar refractivity (Wildman–Crippen MR) is 71.2 cm³/mol. The molecule has 100 valence electrons. The van der Waals surface area contributed by atoms with Crippen LogP contribution in [0.2, 0.25) is 0 Å². The van der Waals surface area contributed by atoms with Gasteiger partial charge >= 0.3 is 0 Å². The second-order valence-electron chi connectivity index (χ2n) is 5.04. The lowest BCUT2D eigenvalue weighted by Crippen LogP contribution is -2.12. The molecule has 0 bridgehead atoms. The Labute approximate surface area is 109 Å². The first-order valence-corrected chi connectivity index (χ1v) is 6.91. The fraction of sp³-hybridized carbons (Fsp3) is 0.600. The zero-order chi connectivity index (χ0) is 12.8. The van der Waals surface area contributed by atoms with E-state index >= 15 is 0 Å². The fourth-order valence-corrected chi connectivity index (χ4v) is 2.47. The topological polar surface area (TPSA) is 21.3 Å². The van der Waals surface area contributed by atoms with Crippen molar-refractivity contribution < 1.29 is 9.13 Å². The lowest BCUT2D eigenvalue weighted by Gasteiger charge is -2.12. The zero-order valence-corrected chi connectivity index (χ0v) is 11.0. The number of rotatable bonds is 6. The second-order valence-corrected chi connectivity index (χ2v) is 5.04. The molecule has 0 atom stereocenters. The summed E-state index contributed by atoms with van der Waals surface area (Å²) in [6.45, 7) is 4.34. The van der Waals surface area contributed by atoms with Crippen molar-refractivity contribution >= 4 is 0 Å². The standard InChI is InChI=1S/C15H22FNO/c1-2-17-10-13-7-14(16)9-15(8-13)18-11-12-5-3-4-6-12/h7-9,12,17H,2-6,10-11H2,1H3. The van der Waals surface area contributed by atoms with E-state index < -0.39 is 0 Å². The van der Waals surface area contributed by atoms with Gasteiger partial charge in [0.25, 0.3) is 0 Å². The van der Waals surface area contributed by atoms with Crippen LogP contribution in [0.4, 0.5) is 4.39 Å². The van der Waals surface area contributed by atoms with Crippen LogP contribution in [0.5, 0.6) is 5.75 Å². The third-order valence-corrected chi connectivity index (χ3v) is 3.47. The Hall–Kier alpha value is -1.09. The average molecular weight is 251 g/mol. The number of halogens is 1. The molecular weight excluding hydrogens is 229 g/mol.